The number of hydrogen-bond donors (Lipinski definition) is 0. The maximum Gasteiger partial charge on any atom is 0.129 e. The Labute approximate surface area is 144 Å². The third kappa shape index (κ3) is 3.59. The number of ether oxygens (including phenoxy) is 1. The second-order valence-electron chi connectivity index (χ2n) is 6.65. The molecule has 1 atom stereocenters. The van der Waals surface area contributed by atoms with Crippen LogP contribution in [0.15, 0.2) is 61.2 Å². The van der Waals surface area contributed by atoms with Gasteiger partial charge in [-0.1, -0.05) is 48.5 Å². The Morgan fingerprint density at radius 1 is 1.04 bits per heavy atom. The second kappa shape index (κ2) is 7.76. The summed E-state index contributed by atoms with van der Waals surface area (Å²) in [6.07, 6.45) is 6.62. The first-order valence-electron chi connectivity index (χ1n) is 8.72. The highest BCUT2D eigenvalue weighted by Gasteiger charge is 2.22. The Kier molecular flexibility index (Phi) is 5.47. The van der Waals surface area contributed by atoms with Crippen LogP contribution in [0.4, 0.5) is 4.39 Å². The van der Waals surface area contributed by atoms with Crippen molar-refractivity contribution >= 4 is 0 Å². The predicted molar refractivity (Wildman–Crippen MR) is 96.6 cm³/mol. The molecule has 2 aromatic rings. The van der Waals surface area contributed by atoms with E-state index in [-0.39, 0.29) is 11.9 Å². The van der Waals surface area contributed by atoms with Crippen molar-refractivity contribution in [1.29, 1.82) is 0 Å². The Bertz CT molecular complexity index is 669. The van der Waals surface area contributed by atoms with Crippen LogP contribution in [0.5, 0.6) is 0 Å². The topological polar surface area (TPSA) is 9.23 Å². The summed E-state index contributed by atoms with van der Waals surface area (Å²) in [5.41, 5.74) is 2.95. The number of allylic oxidation sites excluding steroid dienone is 1. The van der Waals surface area contributed by atoms with Gasteiger partial charge in [0.15, 0.2) is 0 Å². The van der Waals surface area contributed by atoms with Crippen LogP contribution < -0.4 is 0 Å². The molecule has 24 heavy (non-hydrogen) atoms. The van der Waals surface area contributed by atoms with E-state index in [0.29, 0.717) is 17.4 Å². The van der Waals surface area contributed by atoms with Gasteiger partial charge in [0.25, 0.3) is 0 Å². The SMILES string of the molecule is C=C[C@H]1CC[C@H](c2ccc(C(OC)c3ccccc3F)cc2)CC1. The first kappa shape index (κ1) is 16.9. The van der Waals surface area contributed by atoms with E-state index in [2.05, 4.69) is 36.9 Å². The number of hydrogen-bond acceptors (Lipinski definition) is 1. The summed E-state index contributed by atoms with van der Waals surface area (Å²) in [5, 5.41) is 0. The van der Waals surface area contributed by atoms with Crippen LogP contribution in [0.2, 0.25) is 0 Å². The molecule has 1 saturated carbocycles. The summed E-state index contributed by atoms with van der Waals surface area (Å²) in [6, 6.07) is 15.3. The lowest BCUT2D eigenvalue weighted by Gasteiger charge is -2.27. The maximum atomic E-state index is 14.1. The van der Waals surface area contributed by atoms with Crippen molar-refractivity contribution in [2.75, 3.05) is 7.11 Å². The summed E-state index contributed by atoms with van der Waals surface area (Å²) in [5.74, 6) is 1.08. The maximum absolute atomic E-state index is 14.1. The quantitative estimate of drug-likeness (QED) is 0.611. The van der Waals surface area contributed by atoms with E-state index in [1.807, 2.05) is 6.07 Å². The van der Waals surface area contributed by atoms with Gasteiger partial charge in [-0.25, -0.2) is 4.39 Å². The van der Waals surface area contributed by atoms with E-state index in [1.54, 1.807) is 19.2 Å². The van der Waals surface area contributed by atoms with Crippen molar-refractivity contribution in [2.45, 2.75) is 37.7 Å². The average Bonchev–Trinajstić information content (AvgIpc) is 2.64. The van der Waals surface area contributed by atoms with Crippen LogP contribution in [0, 0.1) is 11.7 Å². The molecule has 0 aliphatic heterocycles. The van der Waals surface area contributed by atoms with Crippen LogP contribution in [0.25, 0.3) is 0 Å². The van der Waals surface area contributed by atoms with Gasteiger partial charge in [-0.3, -0.25) is 0 Å². The Balaban J connectivity index is 1.76. The molecule has 0 amide bonds. The molecule has 1 nitrogen and oxygen atoms in total. The van der Waals surface area contributed by atoms with Gasteiger partial charge in [-0.05, 0) is 54.7 Å². The molecule has 1 aliphatic carbocycles. The van der Waals surface area contributed by atoms with Gasteiger partial charge in [0.1, 0.15) is 11.9 Å². The predicted octanol–water partition coefficient (Wildman–Crippen LogP) is 6.02. The third-order valence-electron chi connectivity index (χ3n) is 5.24. The van der Waals surface area contributed by atoms with Gasteiger partial charge >= 0.3 is 0 Å². The Morgan fingerprint density at radius 3 is 2.29 bits per heavy atom. The zero-order valence-electron chi connectivity index (χ0n) is 14.2. The van der Waals surface area contributed by atoms with E-state index in [4.69, 9.17) is 4.74 Å². The largest absolute Gasteiger partial charge is 0.372 e. The summed E-state index contributed by atoms with van der Waals surface area (Å²) >= 11 is 0. The molecule has 0 radical (unpaired) electrons. The molecule has 0 heterocycles. The number of rotatable bonds is 5. The third-order valence-corrected chi connectivity index (χ3v) is 5.24. The summed E-state index contributed by atoms with van der Waals surface area (Å²) in [7, 11) is 1.63. The highest BCUT2D eigenvalue weighted by atomic mass is 19.1. The smallest absolute Gasteiger partial charge is 0.129 e. The number of methoxy groups -OCH3 is 1. The molecule has 1 fully saturated rings. The molecule has 0 spiro atoms. The molecular formula is C22H25FO. The van der Waals surface area contributed by atoms with Crippen molar-refractivity contribution in [3.8, 4) is 0 Å². The minimum absolute atomic E-state index is 0.226. The average molecular weight is 324 g/mol. The second-order valence-corrected chi connectivity index (χ2v) is 6.65. The van der Waals surface area contributed by atoms with Crippen molar-refractivity contribution in [3.63, 3.8) is 0 Å². The normalized spacial score (nSPS) is 22.1. The van der Waals surface area contributed by atoms with Crippen molar-refractivity contribution in [3.05, 3.63) is 83.7 Å². The fourth-order valence-corrected chi connectivity index (χ4v) is 3.76. The van der Waals surface area contributed by atoms with Gasteiger partial charge in [0.05, 0.1) is 0 Å². The minimum Gasteiger partial charge on any atom is -0.372 e. The highest BCUT2D eigenvalue weighted by Crippen LogP contribution is 2.37. The first-order chi connectivity index (χ1) is 11.7. The van der Waals surface area contributed by atoms with Gasteiger partial charge in [0.2, 0.25) is 0 Å². The lowest BCUT2D eigenvalue weighted by Crippen LogP contribution is -2.12. The van der Waals surface area contributed by atoms with Crippen LogP contribution >= 0.6 is 0 Å². The molecule has 0 saturated heterocycles. The molecule has 0 N–H and O–H groups in total. The standard InChI is InChI=1S/C22H25FO/c1-3-16-8-10-17(11-9-16)18-12-14-19(15-13-18)22(24-2)20-6-4-5-7-21(20)23/h3-7,12-17,22H,1,8-11H2,2H3/t16-,17-,22?. The molecular weight excluding hydrogens is 299 g/mol. The van der Waals surface area contributed by atoms with Crippen molar-refractivity contribution in [1.82, 2.24) is 0 Å². The van der Waals surface area contributed by atoms with Crippen LogP contribution in [0.1, 0.15) is 54.4 Å². The number of halogens is 1. The summed E-state index contributed by atoms with van der Waals surface area (Å²) in [6.45, 7) is 3.91. The van der Waals surface area contributed by atoms with Gasteiger partial charge < -0.3 is 4.74 Å². The molecule has 2 aromatic carbocycles. The molecule has 1 unspecified atom stereocenters. The molecule has 3 rings (SSSR count). The summed E-state index contributed by atoms with van der Waals surface area (Å²) < 4.78 is 19.6. The van der Waals surface area contributed by atoms with Crippen molar-refractivity contribution in [2.24, 2.45) is 5.92 Å². The van der Waals surface area contributed by atoms with Gasteiger partial charge in [-0.2, -0.15) is 0 Å². The molecule has 2 heteroatoms. The van der Waals surface area contributed by atoms with E-state index < -0.39 is 0 Å². The molecule has 0 bridgehead atoms. The lowest BCUT2D eigenvalue weighted by atomic mass is 9.78. The number of benzene rings is 2. The van der Waals surface area contributed by atoms with E-state index >= 15 is 0 Å². The Hall–Kier alpha value is -1.93. The van der Waals surface area contributed by atoms with Gasteiger partial charge in [0, 0.05) is 12.7 Å². The monoisotopic (exact) mass is 324 g/mol. The van der Waals surface area contributed by atoms with Crippen LogP contribution in [-0.2, 0) is 4.74 Å². The first-order valence-corrected chi connectivity index (χ1v) is 8.72. The lowest BCUT2D eigenvalue weighted by molar-refractivity contribution is 0.133. The highest BCUT2D eigenvalue weighted by molar-refractivity contribution is 5.34. The Morgan fingerprint density at radius 2 is 1.71 bits per heavy atom. The molecule has 0 aromatic heterocycles. The van der Waals surface area contributed by atoms with Crippen LogP contribution in [-0.4, -0.2) is 7.11 Å². The summed E-state index contributed by atoms with van der Waals surface area (Å²) in [4.78, 5) is 0. The fourth-order valence-electron chi connectivity index (χ4n) is 3.76. The zero-order valence-corrected chi connectivity index (χ0v) is 14.2. The van der Waals surface area contributed by atoms with Crippen LogP contribution in [0.3, 0.4) is 0 Å². The van der Waals surface area contributed by atoms with E-state index in [0.717, 1.165) is 5.56 Å². The zero-order chi connectivity index (χ0) is 16.9. The van der Waals surface area contributed by atoms with E-state index in [9.17, 15) is 4.39 Å². The van der Waals surface area contributed by atoms with E-state index in [1.165, 1.54) is 37.3 Å². The minimum atomic E-state index is -0.364. The molecule has 1 aliphatic rings. The van der Waals surface area contributed by atoms with Gasteiger partial charge in [-0.15, -0.1) is 6.58 Å². The fraction of sp³-hybridized carbons (Fsp3) is 0.364. The molecule has 126 valence electrons. The van der Waals surface area contributed by atoms with Crippen molar-refractivity contribution < 1.29 is 9.13 Å².